The molecule has 0 unspecified atom stereocenters. The fourth-order valence-electron chi connectivity index (χ4n) is 3.36. The Morgan fingerprint density at radius 2 is 1.97 bits per heavy atom. The minimum atomic E-state index is -0.770. The maximum atomic E-state index is 12.9. The van der Waals surface area contributed by atoms with E-state index in [0.717, 1.165) is 5.56 Å². The molecule has 1 aliphatic rings. The number of methoxy groups -OCH3 is 2. The number of anilines is 2. The zero-order valence-corrected chi connectivity index (χ0v) is 16.0. The Labute approximate surface area is 167 Å². The topological polar surface area (TPSA) is 94.5 Å². The molecular weight excluding hydrogens is 372 g/mol. The number of rotatable bonds is 5. The van der Waals surface area contributed by atoms with Crippen LogP contribution < -0.4 is 20.1 Å². The molecule has 2 aromatic carbocycles. The Kier molecular flexibility index (Phi) is 4.90. The van der Waals surface area contributed by atoms with Gasteiger partial charge in [-0.15, -0.1) is 0 Å². The number of nitrogens with zero attached hydrogens (tertiary/aromatic N) is 2. The average Bonchev–Trinajstić information content (AvgIpc) is 3.16. The fraction of sp³-hybridized carbons (Fsp3) is 0.190. The third-order valence-electron chi connectivity index (χ3n) is 4.76. The van der Waals surface area contributed by atoms with E-state index in [1.165, 1.54) is 0 Å². The Morgan fingerprint density at radius 3 is 2.76 bits per heavy atom. The van der Waals surface area contributed by atoms with Crippen LogP contribution in [0.3, 0.4) is 0 Å². The SMILES string of the molecule is COc1cccc(NC(=O)[C@@H]2CC(=O)Nc3c(-c4ccccc4OC)cnn32)c1. The summed E-state index contributed by atoms with van der Waals surface area (Å²) in [6, 6.07) is 13.7. The van der Waals surface area contributed by atoms with E-state index in [1.54, 1.807) is 49.4 Å². The molecule has 0 fully saturated rings. The van der Waals surface area contributed by atoms with Crippen LogP contribution >= 0.6 is 0 Å². The highest BCUT2D eigenvalue weighted by Crippen LogP contribution is 2.38. The number of amides is 2. The van der Waals surface area contributed by atoms with Crippen molar-refractivity contribution in [1.29, 1.82) is 0 Å². The maximum absolute atomic E-state index is 12.9. The lowest BCUT2D eigenvalue weighted by Crippen LogP contribution is -2.35. The second-order valence-electron chi connectivity index (χ2n) is 6.54. The Balaban J connectivity index is 1.67. The highest BCUT2D eigenvalue weighted by molar-refractivity contribution is 6.03. The van der Waals surface area contributed by atoms with Gasteiger partial charge in [-0.25, -0.2) is 4.68 Å². The van der Waals surface area contributed by atoms with Crippen LogP contribution in [0.5, 0.6) is 11.5 Å². The summed E-state index contributed by atoms with van der Waals surface area (Å²) in [5.41, 5.74) is 2.05. The molecule has 8 heteroatoms. The van der Waals surface area contributed by atoms with Gasteiger partial charge < -0.3 is 20.1 Å². The van der Waals surface area contributed by atoms with Gasteiger partial charge in [-0.05, 0) is 18.2 Å². The first-order chi connectivity index (χ1) is 14.1. The molecule has 0 saturated carbocycles. The summed E-state index contributed by atoms with van der Waals surface area (Å²) in [7, 11) is 3.14. The molecule has 2 N–H and O–H groups in total. The fourth-order valence-corrected chi connectivity index (χ4v) is 3.36. The zero-order valence-electron chi connectivity index (χ0n) is 16.0. The van der Waals surface area contributed by atoms with Crippen LogP contribution in [0.4, 0.5) is 11.5 Å². The molecule has 0 bridgehead atoms. The number of hydrogen-bond donors (Lipinski definition) is 2. The van der Waals surface area contributed by atoms with Crippen molar-refractivity contribution in [3.05, 3.63) is 54.7 Å². The molecule has 29 heavy (non-hydrogen) atoms. The Bertz CT molecular complexity index is 1080. The van der Waals surface area contributed by atoms with Gasteiger partial charge in [0.15, 0.2) is 0 Å². The van der Waals surface area contributed by atoms with Gasteiger partial charge in [0, 0.05) is 22.9 Å². The Hall–Kier alpha value is -3.81. The minimum Gasteiger partial charge on any atom is -0.497 e. The third kappa shape index (κ3) is 3.52. The van der Waals surface area contributed by atoms with Gasteiger partial charge in [0.25, 0.3) is 0 Å². The molecule has 0 spiro atoms. The molecule has 148 valence electrons. The smallest absolute Gasteiger partial charge is 0.249 e. The predicted molar refractivity (Wildman–Crippen MR) is 108 cm³/mol. The molecule has 2 amide bonds. The first-order valence-electron chi connectivity index (χ1n) is 9.06. The lowest BCUT2D eigenvalue weighted by atomic mass is 10.1. The number of benzene rings is 2. The van der Waals surface area contributed by atoms with E-state index in [-0.39, 0.29) is 18.2 Å². The number of hydrogen-bond acceptors (Lipinski definition) is 5. The third-order valence-corrected chi connectivity index (χ3v) is 4.76. The number of fused-ring (bicyclic) bond motifs is 1. The quantitative estimate of drug-likeness (QED) is 0.696. The van der Waals surface area contributed by atoms with Gasteiger partial charge in [-0.3, -0.25) is 9.59 Å². The molecule has 1 aliphatic heterocycles. The first-order valence-corrected chi connectivity index (χ1v) is 9.06. The lowest BCUT2D eigenvalue weighted by Gasteiger charge is -2.24. The van der Waals surface area contributed by atoms with Crippen LogP contribution in [0, 0.1) is 0 Å². The molecule has 0 saturated heterocycles. The van der Waals surface area contributed by atoms with E-state index in [4.69, 9.17) is 9.47 Å². The van der Waals surface area contributed by atoms with Crippen molar-refractivity contribution in [3.63, 3.8) is 0 Å². The van der Waals surface area contributed by atoms with Gasteiger partial charge in [0.2, 0.25) is 11.8 Å². The number of aromatic nitrogens is 2. The molecule has 4 rings (SSSR count). The van der Waals surface area contributed by atoms with Gasteiger partial charge in [0.05, 0.1) is 26.8 Å². The minimum absolute atomic E-state index is 0.00412. The highest BCUT2D eigenvalue weighted by Gasteiger charge is 2.33. The van der Waals surface area contributed by atoms with Crippen molar-refractivity contribution in [3.8, 4) is 22.6 Å². The Morgan fingerprint density at radius 1 is 1.14 bits per heavy atom. The second-order valence-corrected chi connectivity index (χ2v) is 6.54. The van der Waals surface area contributed by atoms with Gasteiger partial charge in [-0.2, -0.15) is 5.10 Å². The number of carbonyl (C=O) groups is 2. The predicted octanol–water partition coefficient (Wildman–Crippen LogP) is 3.09. The summed E-state index contributed by atoms with van der Waals surface area (Å²) in [6.07, 6.45) is 1.63. The van der Waals surface area contributed by atoms with Crippen LogP contribution in [0.25, 0.3) is 11.1 Å². The molecule has 2 heterocycles. The van der Waals surface area contributed by atoms with Crippen molar-refractivity contribution in [2.24, 2.45) is 0 Å². The number of nitrogens with one attached hydrogen (secondary N) is 2. The standard InChI is InChI=1S/C21H20N4O4/c1-28-14-7-5-6-13(10-14)23-21(27)17-11-19(26)24-20-16(12-22-25(17)20)15-8-3-4-9-18(15)29-2/h3-10,12,17H,11H2,1-2H3,(H,23,27)(H,24,26)/t17-/m0/s1. The van der Waals surface area contributed by atoms with Gasteiger partial charge >= 0.3 is 0 Å². The van der Waals surface area contributed by atoms with Crippen molar-refractivity contribution >= 4 is 23.3 Å². The van der Waals surface area contributed by atoms with E-state index >= 15 is 0 Å². The van der Waals surface area contributed by atoms with Crippen molar-refractivity contribution in [2.75, 3.05) is 24.9 Å². The van der Waals surface area contributed by atoms with Crippen LogP contribution in [-0.4, -0.2) is 35.8 Å². The highest BCUT2D eigenvalue weighted by atomic mass is 16.5. The van der Waals surface area contributed by atoms with Crippen LogP contribution in [0.1, 0.15) is 12.5 Å². The summed E-state index contributed by atoms with van der Waals surface area (Å²) >= 11 is 0. The monoisotopic (exact) mass is 392 g/mol. The molecule has 0 aliphatic carbocycles. The lowest BCUT2D eigenvalue weighted by molar-refractivity contribution is -0.125. The summed E-state index contributed by atoms with van der Waals surface area (Å²) in [6.45, 7) is 0. The van der Waals surface area contributed by atoms with Gasteiger partial charge in [-0.1, -0.05) is 24.3 Å². The molecule has 1 atom stereocenters. The number of ether oxygens (including phenoxy) is 2. The van der Waals surface area contributed by atoms with E-state index in [2.05, 4.69) is 15.7 Å². The number of carbonyl (C=O) groups excluding carboxylic acids is 2. The van der Waals surface area contributed by atoms with E-state index in [1.807, 2.05) is 24.3 Å². The van der Waals surface area contributed by atoms with E-state index in [0.29, 0.717) is 28.6 Å². The number of para-hydroxylation sites is 1. The average molecular weight is 392 g/mol. The molecule has 1 aromatic heterocycles. The zero-order chi connectivity index (χ0) is 20.4. The van der Waals surface area contributed by atoms with E-state index in [9.17, 15) is 9.59 Å². The first kappa shape index (κ1) is 18.5. The molecule has 0 radical (unpaired) electrons. The van der Waals surface area contributed by atoms with Crippen molar-refractivity contribution in [2.45, 2.75) is 12.5 Å². The van der Waals surface area contributed by atoms with Crippen LogP contribution in [0.15, 0.2) is 54.7 Å². The largest absolute Gasteiger partial charge is 0.497 e. The van der Waals surface area contributed by atoms with Crippen LogP contribution in [0.2, 0.25) is 0 Å². The normalized spacial score (nSPS) is 15.2. The summed E-state index contributed by atoms with van der Waals surface area (Å²) in [5, 5.41) is 10.0. The molecule has 8 nitrogen and oxygen atoms in total. The summed E-state index contributed by atoms with van der Waals surface area (Å²) in [4.78, 5) is 25.3. The molecule has 3 aromatic rings. The van der Waals surface area contributed by atoms with E-state index < -0.39 is 6.04 Å². The van der Waals surface area contributed by atoms with Gasteiger partial charge in [0.1, 0.15) is 23.4 Å². The second kappa shape index (κ2) is 7.67. The van der Waals surface area contributed by atoms with Crippen molar-refractivity contribution < 1.29 is 19.1 Å². The molecular formula is C21H20N4O4. The summed E-state index contributed by atoms with van der Waals surface area (Å²) in [5.74, 6) is 1.17. The maximum Gasteiger partial charge on any atom is 0.249 e. The summed E-state index contributed by atoms with van der Waals surface area (Å²) < 4.78 is 12.1. The van der Waals surface area contributed by atoms with Crippen LogP contribution in [-0.2, 0) is 9.59 Å². The van der Waals surface area contributed by atoms with Crippen molar-refractivity contribution in [1.82, 2.24) is 9.78 Å².